The molecule has 0 aliphatic carbocycles. The summed E-state index contributed by atoms with van der Waals surface area (Å²) in [5, 5.41) is 8.35. The van der Waals surface area contributed by atoms with Gasteiger partial charge in [-0.05, 0) is 31.6 Å². The second kappa shape index (κ2) is 6.25. The van der Waals surface area contributed by atoms with Crippen LogP contribution < -0.4 is 5.48 Å². The number of nitrogens with zero attached hydrogens (tertiary/aromatic N) is 1. The third kappa shape index (κ3) is 4.42. The molecular formula is C12H18N2O2. The summed E-state index contributed by atoms with van der Waals surface area (Å²) in [4.78, 5) is 12.9. The van der Waals surface area contributed by atoms with Crippen LogP contribution in [0.25, 0.3) is 0 Å². The molecule has 1 aromatic carbocycles. The third-order valence-corrected chi connectivity index (χ3v) is 2.29. The molecule has 0 unspecified atom stereocenters. The maximum Gasteiger partial charge on any atom is 0.243 e. The van der Waals surface area contributed by atoms with Gasteiger partial charge in [-0.1, -0.05) is 24.3 Å². The van der Waals surface area contributed by atoms with Crippen molar-refractivity contribution in [3.05, 3.63) is 35.4 Å². The highest BCUT2D eigenvalue weighted by Crippen LogP contribution is 2.08. The fourth-order valence-corrected chi connectivity index (χ4v) is 1.49. The number of amides is 1. The van der Waals surface area contributed by atoms with Crippen molar-refractivity contribution in [2.45, 2.75) is 19.4 Å². The molecule has 1 amide bonds. The lowest BCUT2D eigenvalue weighted by Gasteiger charge is -2.09. The van der Waals surface area contributed by atoms with Crippen molar-refractivity contribution in [3.63, 3.8) is 0 Å². The highest BCUT2D eigenvalue weighted by Gasteiger charge is 2.01. The number of hydrogen-bond donors (Lipinski definition) is 2. The summed E-state index contributed by atoms with van der Waals surface area (Å²) in [7, 11) is 4.05. The van der Waals surface area contributed by atoms with Gasteiger partial charge in [-0.25, -0.2) is 5.48 Å². The molecule has 4 heteroatoms. The van der Waals surface area contributed by atoms with E-state index < -0.39 is 0 Å². The summed E-state index contributed by atoms with van der Waals surface area (Å²) in [6, 6.07) is 8.16. The van der Waals surface area contributed by atoms with Crippen molar-refractivity contribution >= 4 is 5.91 Å². The third-order valence-electron chi connectivity index (χ3n) is 2.29. The van der Waals surface area contributed by atoms with Gasteiger partial charge >= 0.3 is 0 Å². The Balaban J connectivity index is 2.48. The Morgan fingerprint density at radius 2 is 1.81 bits per heavy atom. The maximum absolute atomic E-state index is 10.8. The van der Waals surface area contributed by atoms with E-state index in [2.05, 4.69) is 17.0 Å². The molecule has 0 saturated heterocycles. The SMILES string of the molecule is CN(C)Cc1ccc(CCC(=O)NO)cc1. The lowest BCUT2D eigenvalue weighted by Crippen LogP contribution is -2.18. The van der Waals surface area contributed by atoms with Crippen LogP contribution in [0.3, 0.4) is 0 Å². The molecule has 0 bridgehead atoms. The number of benzene rings is 1. The molecule has 0 atom stereocenters. The first kappa shape index (κ1) is 12.7. The van der Waals surface area contributed by atoms with Crippen LogP contribution >= 0.6 is 0 Å². The second-order valence-electron chi connectivity index (χ2n) is 4.09. The number of carbonyl (C=O) groups is 1. The highest BCUT2D eigenvalue weighted by molar-refractivity contribution is 5.74. The van der Waals surface area contributed by atoms with E-state index in [1.807, 2.05) is 26.2 Å². The number of rotatable bonds is 5. The van der Waals surface area contributed by atoms with Crippen molar-refractivity contribution in [2.24, 2.45) is 0 Å². The van der Waals surface area contributed by atoms with Crippen LogP contribution in [0.1, 0.15) is 17.5 Å². The summed E-state index contributed by atoms with van der Waals surface area (Å²) in [5.74, 6) is -0.350. The molecule has 0 radical (unpaired) electrons. The van der Waals surface area contributed by atoms with Gasteiger partial charge < -0.3 is 4.90 Å². The van der Waals surface area contributed by atoms with Crippen LogP contribution in [0.2, 0.25) is 0 Å². The van der Waals surface area contributed by atoms with Crippen molar-refractivity contribution < 1.29 is 10.0 Å². The van der Waals surface area contributed by atoms with Gasteiger partial charge in [-0.15, -0.1) is 0 Å². The lowest BCUT2D eigenvalue weighted by atomic mass is 10.1. The van der Waals surface area contributed by atoms with Gasteiger partial charge in [0.15, 0.2) is 0 Å². The Kier molecular flexibility index (Phi) is 4.95. The Bertz CT molecular complexity index is 333. The Labute approximate surface area is 95.8 Å². The zero-order chi connectivity index (χ0) is 12.0. The highest BCUT2D eigenvalue weighted by atomic mass is 16.5. The first-order valence-electron chi connectivity index (χ1n) is 5.27. The van der Waals surface area contributed by atoms with Crippen molar-refractivity contribution in [3.8, 4) is 0 Å². The average molecular weight is 222 g/mol. The fourth-order valence-electron chi connectivity index (χ4n) is 1.49. The molecule has 1 aromatic rings. The summed E-state index contributed by atoms with van der Waals surface area (Å²) >= 11 is 0. The number of hydrogen-bond acceptors (Lipinski definition) is 3. The monoisotopic (exact) mass is 222 g/mol. The summed E-state index contributed by atoms with van der Waals surface area (Å²) < 4.78 is 0. The van der Waals surface area contributed by atoms with Crippen molar-refractivity contribution in [1.82, 2.24) is 10.4 Å². The minimum atomic E-state index is -0.350. The quantitative estimate of drug-likeness (QED) is 0.581. The number of hydroxylamine groups is 1. The number of carbonyl (C=O) groups excluding carboxylic acids is 1. The van der Waals surface area contributed by atoms with Crippen LogP contribution in [0.5, 0.6) is 0 Å². The molecule has 0 saturated carbocycles. The zero-order valence-corrected chi connectivity index (χ0v) is 9.73. The molecule has 4 nitrogen and oxygen atoms in total. The van der Waals surface area contributed by atoms with Crippen molar-refractivity contribution in [1.29, 1.82) is 0 Å². The van der Waals surface area contributed by atoms with Gasteiger partial charge in [-0.3, -0.25) is 10.0 Å². The smallest absolute Gasteiger partial charge is 0.243 e. The van der Waals surface area contributed by atoms with E-state index in [0.29, 0.717) is 12.8 Å². The number of nitrogens with one attached hydrogen (secondary N) is 1. The van der Waals surface area contributed by atoms with E-state index in [1.165, 1.54) is 5.56 Å². The van der Waals surface area contributed by atoms with E-state index >= 15 is 0 Å². The van der Waals surface area contributed by atoms with E-state index in [1.54, 1.807) is 5.48 Å². The molecule has 0 spiro atoms. The van der Waals surface area contributed by atoms with Gasteiger partial charge in [0.1, 0.15) is 0 Å². The summed E-state index contributed by atoms with van der Waals surface area (Å²) in [5.41, 5.74) is 3.98. The van der Waals surface area contributed by atoms with Gasteiger partial charge in [0.2, 0.25) is 5.91 Å². The van der Waals surface area contributed by atoms with Crippen LogP contribution in [-0.4, -0.2) is 30.1 Å². The van der Waals surface area contributed by atoms with Gasteiger partial charge in [0, 0.05) is 13.0 Å². The number of aryl methyl sites for hydroxylation is 1. The van der Waals surface area contributed by atoms with E-state index in [0.717, 1.165) is 12.1 Å². The van der Waals surface area contributed by atoms with E-state index in [-0.39, 0.29) is 5.91 Å². The predicted molar refractivity (Wildman–Crippen MR) is 62.1 cm³/mol. The first-order valence-corrected chi connectivity index (χ1v) is 5.27. The average Bonchev–Trinajstić information content (AvgIpc) is 2.27. The van der Waals surface area contributed by atoms with E-state index in [4.69, 9.17) is 5.21 Å². The second-order valence-corrected chi connectivity index (χ2v) is 4.09. The maximum atomic E-state index is 10.8. The van der Waals surface area contributed by atoms with Crippen LogP contribution in [0, 0.1) is 0 Å². The topological polar surface area (TPSA) is 52.6 Å². The Morgan fingerprint density at radius 1 is 1.25 bits per heavy atom. The first-order chi connectivity index (χ1) is 7.61. The fraction of sp³-hybridized carbons (Fsp3) is 0.417. The normalized spacial score (nSPS) is 10.5. The van der Waals surface area contributed by atoms with Gasteiger partial charge in [0.25, 0.3) is 0 Å². The molecular weight excluding hydrogens is 204 g/mol. The lowest BCUT2D eigenvalue weighted by molar-refractivity contribution is -0.129. The van der Waals surface area contributed by atoms with Crippen LogP contribution in [0.15, 0.2) is 24.3 Å². The summed E-state index contributed by atoms with van der Waals surface area (Å²) in [6.07, 6.45) is 0.957. The minimum absolute atomic E-state index is 0.309. The van der Waals surface area contributed by atoms with E-state index in [9.17, 15) is 4.79 Å². The molecule has 0 aromatic heterocycles. The molecule has 0 heterocycles. The molecule has 16 heavy (non-hydrogen) atoms. The van der Waals surface area contributed by atoms with Crippen molar-refractivity contribution in [2.75, 3.05) is 14.1 Å². The predicted octanol–water partition coefficient (Wildman–Crippen LogP) is 1.19. The van der Waals surface area contributed by atoms with Crippen LogP contribution in [-0.2, 0) is 17.8 Å². The molecule has 2 N–H and O–H groups in total. The van der Waals surface area contributed by atoms with Gasteiger partial charge in [0.05, 0.1) is 0 Å². The largest absolute Gasteiger partial charge is 0.305 e. The molecule has 0 aliphatic heterocycles. The zero-order valence-electron chi connectivity index (χ0n) is 9.73. The molecule has 1 rings (SSSR count). The Morgan fingerprint density at radius 3 is 2.31 bits per heavy atom. The molecule has 0 fully saturated rings. The van der Waals surface area contributed by atoms with Crippen LogP contribution in [0.4, 0.5) is 0 Å². The Hall–Kier alpha value is -1.39. The minimum Gasteiger partial charge on any atom is -0.305 e. The van der Waals surface area contributed by atoms with Gasteiger partial charge in [-0.2, -0.15) is 0 Å². The molecule has 88 valence electrons. The molecule has 0 aliphatic rings. The standard InChI is InChI=1S/C12H18N2O2/c1-14(2)9-11-5-3-10(4-6-11)7-8-12(15)13-16/h3-6,16H,7-9H2,1-2H3,(H,13,15). The summed E-state index contributed by atoms with van der Waals surface area (Å²) in [6.45, 7) is 0.914.